The highest BCUT2D eigenvalue weighted by Gasteiger charge is 2.00. The molecule has 0 saturated carbocycles. The lowest BCUT2D eigenvalue weighted by molar-refractivity contribution is -0.117. The van der Waals surface area contributed by atoms with Crippen LogP contribution in [0.15, 0.2) is 35.9 Å². The lowest BCUT2D eigenvalue weighted by atomic mass is 10.1. The summed E-state index contributed by atoms with van der Waals surface area (Å²) < 4.78 is 0. The summed E-state index contributed by atoms with van der Waals surface area (Å²) in [5, 5.41) is 2.54. The molecule has 1 aromatic carbocycles. The number of amides is 1. The zero-order chi connectivity index (χ0) is 10.4. The SMILES string of the molecule is CC(=Cc1ccccc1)C(=O)NCN. The van der Waals surface area contributed by atoms with Gasteiger partial charge in [0.25, 0.3) is 0 Å². The molecular weight excluding hydrogens is 176 g/mol. The van der Waals surface area contributed by atoms with Crippen LogP contribution >= 0.6 is 0 Å². The van der Waals surface area contributed by atoms with Gasteiger partial charge in [0.2, 0.25) is 5.91 Å². The molecule has 74 valence electrons. The normalized spacial score (nSPS) is 11.1. The number of carbonyl (C=O) groups is 1. The van der Waals surface area contributed by atoms with E-state index in [0.29, 0.717) is 5.57 Å². The minimum Gasteiger partial charge on any atom is -0.340 e. The van der Waals surface area contributed by atoms with E-state index in [9.17, 15) is 4.79 Å². The molecule has 0 bridgehead atoms. The highest BCUT2D eigenvalue weighted by atomic mass is 16.1. The Morgan fingerprint density at radius 2 is 2.07 bits per heavy atom. The van der Waals surface area contributed by atoms with E-state index in [1.165, 1.54) is 0 Å². The second-order valence-corrected chi connectivity index (χ2v) is 2.95. The Morgan fingerprint density at radius 3 is 2.64 bits per heavy atom. The van der Waals surface area contributed by atoms with Crippen molar-refractivity contribution >= 4 is 12.0 Å². The average molecular weight is 190 g/mol. The van der Waals surface area contributed by atoms with Crippen LogP contribution in [0.3, 0.4) is 0 Å². The maximum Gasteiger partial charge on any atom is 0.247 e. The Bertz CT molecular complexity index is 330. The lowest BCUT2D eigenvalue weighted by Crippen LogP contribution is -2.29. The minimum absolute atomic E-state index is 0.128. The van der Waals surface area contributed by atoms with Crippen molar-refractivity contribution in [2.24, 2.45) is 5.73 Å². The number of benzene rings is 1. The van der Waals surface area contributed by atoms with Gasteiger partial charge >= 0.3 is 0 Å². The Kier molecular flexibility index (Phi) is 3.88. The predicted octanol–water partition coefficient (Wildman–Crippen LogP) is 1.12. The van der Waals surface area contributed by atoms with Crippen LogP contribution in [0.5, 0.6) is 0 Å². The molecule has 0 unspecified atom stereocenters. The zero-order valence-corrected chi connectivity index (χ0v) is 8.16. The molecule has 0 aliphatic rings. The van der Waals surface area contributed by atoms with Gasteiger partial charge in [0.1, 0.15) is 0 Å². The predicted molar refractivity (Wildman–Crippen MR) is 57.3 cm³/mol. The summed E-state index contributed by atoms with van der Waals surface area (Å²) in [6.07, 6.45) is 1.82. The molecule has 1 amide bonds. The van der Waals surface area contributed by atoms with E-state index in [4.69, 9.17) is 5.73 Å². The van der Waals surface area contributed by atoms with Gasteiger partial charge in [0.15, 0.2) is 0 Å². The quantitative estimate of drug-likeness (QED) is 0.554. The van der Waals surface area contributed by atoms with Gasteiger partial charge in [-0.3, -0.25) is 4.79 Å². The summed E-state index contributed by atoms with van der Waals surface area (Å²) in [5.41, 5.74) is 6.87. The van der Waals surface area contributed by atoms with E-state index >= 15 is 0 Å². The van der Waals surface area contributed by atoms with Gasteiger partial charge in [-0.15, -0.1) is 0 Å². The van der Waals surface area contributed by atoms with Crippen molar-refractivity contribution in [1.29, 1.82) is 0 Å². The second kappa shape index (κ2) is 5.19. The van der Waals surface area contributed by atoms with Crippen molar-refractivity contribution in [3.05, 3.63) is 41.5 Å². The third kappa shape index (κ3) is 3.03. The molecule has 0 spiro atoms. The molecule has 3 N–H and O–H groups in total. The summed E-state index contributed by atoms with van der Waals surface area (Å²) in [7, 11) is 0. The maximum absolute atomic E-state index is 11.3. The van der Waals surface area contributed by atoms with Crippen LogP contribution in [-0.2, 0) is 4.79 Å². The van der Waals surface area contributed by atoms with E-state index in [1.807, 2.05) is 36.4 Å². The monoisotopic (exact) mass is 190 g/mol. The van der Waals surface area contributed by atoms with Crippen molar-refractivity contribution in [3.8, 4) is 0 Å². The van der Waals surface area contributed by atoms with Crippen molar-refractivity contribution < 1.29 is 4.79 Å². The fourth-order valence-electron chi connectivity index (χ4n) is 1.10. The van der Waals surface area contributed by atoms with E-state index < -0.39 is 0 Å². The molecule has 0 aromatic heterocycles. The van der Waals surface area contributed by atoms with Crippen LogP contribution in [0.4, 0.5) is 0 Å². The molecule has 0 fully saturated rings. The van der Waals surface area contributed by atoms with Gasteiger partial charge in [-0.25, -0.2) is 0 Å². The Balaban J connectivity index is 2.74. The fourth-order valence-corrected chi connectivity index (χ4v) is 1.10. The number of carbonyl (C=O) groups excluding carboxylic acids is 1. The molecule has 0 aliphatic heterocycles. The van der Waals surface area contributed by atoms with E-state index in [0.717, 1.165) is 5.56 Å². The lowest BCUT2D eigenvalue weighted by Gasteiger charge is -2.01. The van der Waals surface area contributed by atoms with Crippen molar-refractivity contribution in [1.82, 2.24) is 5.32 Å². The summed E-state index contributed by atoms with van der Waals surface area (Å²) in [6, 6.07) is 9.69. The van der Waals surface area contributed by atoms with Crippen LogP contribution in [0, 0.1) is 0 Å². The first-order valence-corrected chi connectivity index (χ1v) is 4.45. The first-order chi connectivity index (χ1) is 6.74. The fraction of sp³-hybridized carbons (Fsp3) is 0.182. The molecule has 1 rings (SSSR count). The Morgan fingerprint density at radius 1 is 1.43 bits per heavy atom. The third-order valence-corrected chi connectivity index (χ3v) is 1.80. The summed E-state index contributed by atoms with van der Waals surface area (Å²) >= 11 is 0. The zero-order valence-electron chi connectivity index (χ0n) is 8.16. The molecule has 1 aromatic rings. The molecule has 0 saturated heterocycles. The van der Waals surface area contributed by atoms with E-state index in [-0.39, 0.29) is 12.6 Å². The first kappa shape index (κ1) is 10.5. The van der Waals surface area contributed by atoms with Crippen LogP contribution in [0.25, 0.3) is 6.08 Å². The molecule has 3 heteroatoms. The smallest absolute Gasteiger partial charge is 0.247 e. The van der Waals surface area contributed by atoms with Gasteiger partial charge < -0.3 is 11.1 Å². The summed E-state index contributed by atoms with van der Waals surface area (Å²) in [5.74, 6) is -0.128. The molecule has 0 heterocycles. The molecule has 0 radical (unpaired) electrons. The summed E-state index contributed by atoms with van der Waals surface area (Å²) in [6.45, 7) is 1.93. The van der Waals surface area contributed by atoms with Crippen LogP contribution in [-0.4, -0.2) is 12.6 Å². The number of rotatable bonds is 3. The number of hydrogen-bond donors (Lipinski definition) is 2. The van der Waals surface area contributed by atoms with E-state index in [1.54, 1.807) is 6.92 Å². The van der Waals surface area contributed by atoms with Gasteiger partial charge in [0, 0.05) is 5.57 Å². The highest BCUT2D eigenvalue weighted by molar-refractivity contribution is 5.97. The average Bonchev–Trinajstić information content (AvgIpc) is 2.19. The second-order valence-electron chi connectivity index (χ2n) is 2.95. The summed E-state index contributed by atoms with van der Waals surface area (Å²) in [4.78, 5) is 11.3. The number of nitrogens with two attached hydrogens (primary N) is 1. The molecule has 3 nitrogen and oxygen atoms in total. The Labute approximate surface area is 83.6 Å². The van der Waals surface area contributed by atoms with Crippen molar-refractivity contribution in [2.45, 2.75) is 6.92 Å². The van der Waals surface area contributed by atoms with Crippen LogP contribution in [0.1, 0.15) is 12.5 Å². The van der Waals surface area contributed by atoms with Crippen molar-refractivity contribution in [2.75, 3.05) is 6.67 Å². The molecule has 0 atom stereocenters. The molecule has 14 heavy (non-hydrogen) atoms. The van der Waals surface area contributed by atoms with E-state index in [2.05, 4.69) is 5.32 Å². The third-order valence-electron chi connectivity index (χ3n) is 1.80. The number of nitrogens with one attached hydrogen (secondary N) is 1. The molecular formula is C11H14N2O. The van der Waals surface area contributed by atoms with Crippen LogP contribution < -0.4 is 11.1 Å². The first-order valence-electron chi connectivity index (χ1n) is 4.45. The standard InChI is InChI=1S/C11H14N2O/c1-9(11(14)13-8-12)7-10-5-3-2-4-6-10/h2-7H,8,12H2,1H3,(H,13,14). The Hall–Kier alpha value is -1.61. The van der Waals surface area contributed by atoms with Gasteiger partial charge in [-0.05, 0) is 18.6 Å². The van der Waals surface area contributed by atoms with Gasteiger partial charge in [0.05, 0.1) is 6.67 Å². The van der Waals surface area contributed by atoms with Crippen LogP contribution in [0.2, 0.25) is 0 Å². The largest absolute Gasteiger partial charge is 0.340 e. The maximum atomic E-state index is 11.3. The van der Waals surface area contributed by atoms with Gasteiger partial charge in [-0.2, -0.15) is 0 Å². The van der Waals surface area contributed by atoms with Gasteiger partial charge in [-0.1, -0.05) is 30.3 Å². The highest BCUT2D eigenvalue weighted by Crippen LogP contribution is 2.05. The minimum atomic E-state index is -0.128. The number of hydrogen-bond acceptors (Lipinski definition) is 2. The molecule has 0 aliphatic carbocycles. The van der Waals surface area contributed by atoms with Crippen molar-refractivity contribution in [3.63, 3.8) is 0 Å². The topological polar surface area (TPSA) is 55.1 Å².